The fourth-order valence-electron chi connectivity index (χ4n) is 3.51. The van der Waals surface area contributed by atoms with Crippen LogP contribution in [0, 0.1) is 5.92 Å². The molecule has 1 unspecified atom stereocenters. The summed E-state index contributed by atoms with van der Waals surface area (Å²) < 4.78 is 0. The Morgan fingerprint density at radius 2 is 1.80 bits per heavy atom. The van der Waals surface area contributed by atoms with Crippen LogP contribution in [0.15, 0.2) is 60.6 Å². The second-order valence-electron chi connectivity index (χ2n) is 6.54. The number of hydrogen-bond acceptors (Lipinski definition) is 5. The number of benzene rings is 1. The molecule has 1 aromatic carbocycles. The number of rotatable bonds is 6. The number of hydroxylamine groups is 1. The van der Waals surface area contributed by atoms with Crippen molar-refractivity contribution in [2.45, 2.75) is 25.3 Å². The van der Waals surface area contributed by atoms with Gasteiger partial charge in [-0.1, -0.05) is 24.3 Å². The lowest BCUT2D eigenvalue weighted by Crippen LogP contribution is -2.36. The summed E-state index contributed by atoms with van der Waals surface area (Å²) in [6, 6.07) is 12.4. The van der Waals surface area contributed by atoms with E-state index in [0.717, 1.165) is 43.5 Å². The summed E-state index contributed by atoms with van der Waals surface area (Å²) in [5.41, 5.74) is 13.3. The lowest BCUT2D eigenvalue weighted by atomic mass is 9.84. The molecule has 1 aliphatic heterocycles. The Hall–Kier alpha value is -2.21. The van der Waals surface area contributed by atoms with E-state index in [1.807, 2.05) is 12.1 Å². The highest BCUT2D eigenvalue weighted by Crippen LogP contribution is 2.25. The van der Waals surface area contributed by atoms with Gasteiger partial charge in [-0.25, -0.2) is 0 Å². The molecule has 25 heavy (non-hydrogen) atoms. The molecule has 0 amide bonds. The first-order chi connectivity index (χ1) is 12.3. The van der Waals surface area contributed by atoms with Gasteiger partial charge in [0.2, 0.25) is 0 Å². The summed E-state index contributed by atoms with van der Waals surface area (Å²) in [4.78, 5) is 4.06. The molecule has 1 aliphatic rings. The van der Waals surface area contributed by atoms with Crippen molar-refractivity contribution in [1.29, 1.82) is 0 Å². The van der Waals surface area contributed by atoms with Crippen molar-refractivity contribution in [2.75, 3.05) is 13.1 Å². The van der Waals surface area contributed by atoms with Crippen LogP contribution in [0.1, 0.15) is 18.4 Å². The van der Waals surface area contributed by atoms with Crippen LogP contribution in [0.2, 0.25) is 0 Å². The molecular formula is C20H26N4O. The highest BCUT2D eigenvalue weighted by molar-refractivity contribution is 5.62. The van der Waals surface area contributed by atoms with E-state index in [-0.39, 0.29) is 6.04 Å². The van der Waals surface area contributed by atoms with E-state index in [1.54, 1.807) is 18.6 Å². The number of aromatic nitrogens is 1. The normalized spacial score (nSPS) is 17.3. The number of hydrogen-bond donors (Lipinski definition) is 4. The molecule has 2 aromatic rings. The van der Waals surface area contributed by atoms with Crippen LogP contribution in [0.25, 0.3) is 11.1 Å². The van der Waals surface area contributed by atoms with Gasteiger partial charge in [-0.3, -0.25) is 15.7 Å². The molecule has 132 valence electrons. The van der Waals surface area contributed by atoms with Crippen LogP contribution in [0.5, 0.6) is 0 Å². The molecule has 5 nitrogen and oxygen atoms in total. The number of nitrogens with one attached hydrogen (secondary N) is 2. The second-order valence-corrected chi connectivity index (χ2v) is 6.54. The minimum absolute atomic E-state index is 0.102. The molecule has 5 N–H and O–H groups in total. The van der Waals surface area contributed by atoms with E-state index in [9.17, 15) is 0 Å². The summed E-state index contributed by atoms with van der Waals surface area (Å²) in [6.07, 6.45) is 8.15. The van der Waals surface area contributed by atoms with E-state index >= 15 is 0 Å². The van der Waals surface area contributed by atoms with E-state index in [2.05, 4.69) is 40.0 Å². The van der Waals surface area contributed by atoms with Crippen LogP contribution >= 0.6 is 0 Å². The van der Waals surface area contributed by atoms with Crippen LogP contribution in [-0.4, -0.2) is 29.3 Å². The average Bonchev–Trinajstić information content (AvgIpc) is 2.68. The largest absolute Gasteiger partial charge is 0.324 e. The third-order valence-electron chi connectivity index (χ3n) is 4.89. The van der Waals surface area contributed by atoms with E-state index in [1.165, 1.54) is 11.1 Å². The molecule has 0 aliphatic carbocycles. The van der Waals surface area contributed by atoms with Gasteiger partial charge >= 0.3 is 0 Å². The van der Waals surface area contributed by atoms with Crippen molar-refractivity contribution >= 4 is 0 Å². The van der Waals surface area contributed by atoms with Crippen LogP contribution in [-0.2, 0) is 6.42 Å². The third kappa shape index (κ3) is 4.66. The average molecular weight is 338 g/mol. The number of piperidine rings is 1. The second kappa shape index (κ2) is 8.76. The highest BCUT2D eigenvalue weighted by Gasteiger charge is 2.22. The fourth-order valence-corrected chi connectivity index (χ4v) is 3.51. The van der Waals surface area contributed by atoms with Crippen molar-refractivity contribution in [2.24, 2.45) is 11.7 Å². The summed E-state index contributed by atoms with van der Waals surface area (Å²) in [6.45, 7) is 2.00. The van der Waals surface area contributed by atoms with Gasteiger partial charge in [-0.15, -0.1) is 0 Å². The third-order valence-corrected chi connectivity index (χ3v) is 4.89. The molecule has 0 bridgehead atoms. The molecule has 5 heteroatoms. The van der Waals surface area contributed by atoms with Crippen LogP contribution in [0.4, 0.5) is 0 Å². The SMILES string of the molecule is NC(Cc1ccc(-c2ccncc2)cc1)/C(=C\NO)C1CCNCC1. The Kier molecular flexibility index (Phi) is 6.17. The number of nitrogens with two attached hydrogens (primary N) is 1. The zero-order chi connectivity index (χ0) is 17.5. The molecule has 3 rings (SSSR count). The maximum absolute atomic E-state index is 9.14. The minimum Gasteiger partial charge on any atom is -0.324 e. The quantitative estimate of drug-likeness (QED) is 0.608. The first-order valence-electron chi connectivity index (χ1n) is 8.83. The van der Waals surface area contributed by atoms with Gasteiger partial charge in [0.15, 0.2) is 0 Å². The molecule has 1 saturated heterocycles. The van der Waals surface area contributed by atoms with Gasteiger partial charge in [-0.05, 0) is 72.7 Å². The molecular weight excluding hydrogens is 312 g/mol. The van der Waals surface area contributed by atoms with Gasteiger partial charge in [-0.2, -0.15) is 0 Å². The van der Waals surface area contributed by atoms with E-state index in [0.29, 0.717) is 5.92 Å². The molecule has 1 atom stereocenters. The first kappa shape index (κ1) is 17.6. The summed E-state index contributed by atoms with van der Waals surface area (Å²) >= 11 is 0. The van der Waals surface area contributed by atoms with Crippen LogP contribution < -0.4 is 16.5 Å². The first-order valence-corrected chi connectivity index (χ1v) is 8.83. The fraction of sp³-hybridized carbons (Fsp3) is 0.350. The maximum atomic E-state index is 9.14. The Morgan fingerprint density at radius 3 is 2.44 bits per heavy atom. The molecule has 0 saturated carbocycles. The van der Waals surface area contributed by atoms with Crippen molar-refractivity contribution in [1.82, 2.24) is 15.8 Å². The van der Waals surface area contributed by atoms with Gasteiger partial charge in [0.25, 0.3) is 0 Å². The predicted octanol–water partition coefficient (Wildman–Crippen LogP) is 2.48. The van der Waals surface area contributed by atoms with Crippen molar-refractivity contribution in [3.8, 4) is 11.1 Å². The lowest BCUT2D eigenvalue weighted by molar-refractivity contribution is 0.210. The standard InChI is InChI=1S/C20H26N4O/c21-20(19(14-24-25)18-7-11-23-12-8-18)13-15-1-3-16(4-2-15)17-5-9-22-10-6-17/h1-6,9-10,14,18,20,23-25H,7-8,11-13,21H2/b19-14-. The molecule has 0 radical (unpaired) electrons. The maximum Gasteiger partial charge on any atom is 0.0315 e. The Balaban J connectivity index is 1.68. The predicted molar refractivity (Wildman–Crippen MR) is 100.0 cm³/mol. The summed E-state index contributed by atoms with van der Waals surface area (Å²) in [7, 11) is 0. The molecule has 2 heterocycles. The summed E-state index contributed by atoms with van der Waals surface area (Å²) in [5, 5.41) is 12.5. The zero-order valence-corrected chi connectivity index (χ0v) is 14.4. The number of nitrogens with zero attached hydrogens (tertiary/aromatic N) is 1. The van der Waals surface area contributed by atoms with Crippen LogP contribution in [0.3, 0.4) is 0 Å². The van der Waals surface area contributed by atoms with E-state index in [4.69, 9.17) is 10.9 Å². The van der Waals surface area contributed by atoms with Crippen molar-refractivity contribution < 1.29 is 5.21 Å². The Labute approximate surface area is 148 Å². The van der Waals surface area contributed by atoms with Crippen molar-refractivity contribution in [3.63, 3.8) is 0 Å². The lowest BCUT2D eigenvalue weighted by Gasteiger charge is -2.28. The topological polar surface area (TPSA) is 83.2 Å². The number of pyridine rings is 1. The summed E-state index contributed by atoms with van der Waals surface area (Å²) in [5.74, 6) is 0.423. The van der Waals surface area contributed by atoms with Crippen molar-refractivity contribution in [3.05, 3.63) is 66.1 Å². The monoisotopic (exact) mass is 338 g/mol. The Bertz CT molecular complexity index is 679. The molecule has 1 fully saturated rings. The smallest absolute Gasteiger partial charge is 0.0315 e. The van der Waals surface area contributed by atoms with Gasteiger partial charge < -0.3 is 11.1 Å². The Morgan fingerprint density at radius 1 is 1.16 bits per heavy atom. The van der Waals surface area contributed by atoms with Gasteiger partial charge in [0.05, 0.1) is 0 Å². The van der Waals surface area contributed by atoms with Gasteiger partial charge in [0.1, 0.15) is 0 Å². The molecule has 1 aromatic heterocycles. The van der Waals surface area contributed by atoms with Gasteiger partial charge in [0, 0.05) is 24.6 Å². The highest BCUT2D eigenvalue weighted by atomic mass is 16.5. The molecule has 0 spiro atoms. The zero-order valence-electron chi connectivity index (χ0n) is 14.4. The van der Waals surface area contributed by atoms with E-state index < -0.39 is 0 Å². The minimum atomic E-state index is -0.102.